The molecule has 0 aliphatic heterocycles. The van der Waals surface area contributed by atoms with Crippen LogP contribution in [0.15, 0.2) is 48.5 Å². The molecule has 2 aromatic rings. The second-order valence-electron chi connectivity index (χ2n) is 5.24. The second kappa shape index (κ2) is 7.52. The van der Waals surface area contributed by atoms with E-state index in [1.54, 1.807) is 19.2 Å². The molecule has 22 heavy (non-hydrogen) atoms. The van der Waals surface area contributed by atoms with Crippen molar-refractivity contribution >= 4 is 12.3 Å². The van der Waals surface area contributed by atoms with Gasteiger partial charge in [-0.25, -0.2) is 0 Å². The number of carbonyl (C=O) groups is 2. The molecule has 0 aliphatic carbocycles. The van der Waals surface area contributed by atoms with Crippen molar-refractivity contribution in [1.29, 1.82) is 0 Å². The number of carbonyl (C=O) groups excluding carboxylic acids is 1. The minimum Gasteiger partial charge on any atom is -0.480 e. The second-order valence-corrected chi connectivity index (χ2v) is 5.24. The van der Waals surface area contributed by atoms with Crippen molar-refractivity contribution in [2.45, 2.75) is 18.9 Å². The van der Waals surface area contributed by atoms with Crippen molar-refractivity contribution in [2.75, 3.05) is 7.05 Å². The van der Waals surface area contributed by atoms with Crippen LogP contribution in [-0.2, 0) is 17.6 Å². The maximum absolute atomic E-state index is 11.0. The number of hydrogen-bond donors (Lipinski definition) is 2. The average Bonchev–Trinajstić information content (AvgIpc) is 2.54. The van der Waals surface area contributed by atoms with E-state index in [4.69, 9.17) is 5.11 Å². The van der Waals surface area contributed by atoms with Gasteiger partial charge in [0.1, 0.15) is 12.3 Å². The van der Waals surface area contributed by atoms with Crippen molar-refractivity contribution in [3.05, 3.63) is 70.8 Å². The first-order valence-electron chi connectivity index (χ1n) is 7.14. The predicted molar refractivity (Wildman–Crippen MR) is 85.3 cm³/mol. The van der Waals surface area contributed by atoms with Gasteiger partial charge in [0.2, 0.25) is 0 Å². The molecular formula is C18H19NO3. The van der Waals surface area contributed by atoms with Crippen LogP contribution >= 0.6 is 0 Å². The lowest BCUT2D eigenvalue weighted by Gasteiger charge is -2.11. The molecule has 114 valence electrons. The minimum absolute atomic E-state index is 0.458. The molecule has 2 aromatic carbocycles. The lowest BCUT2D eigenvalue weighted by molar-refractivity contribution is -0.139. The van der Waals surface area contributed by atoms with Gasteiger partial charge in [-0.2, -0.15) is 0 Å². The van der Waals surface area contributed by atoms with Crippen molar-refractivity contribution in [3.63, 3.8) is 0 Å². The van der Waals surface area contributed by atoms with E-state index in [2.05, 4.69) is 5.32 Å². The monoisotopic (exact) mass is 297 g/mol. The number of benzene rings is 2. The Morgan fingerprint density at radius 3 is 2.00 bits per heavy atom. The Morgan fingerprint density at radius 1 is 1.05 bits per heavy atom. The molecule has 0 radical (unpaired) electrons. The zero-order valence-corrected chi connectivity index (χ0v) is 12.5. The third-order valence-electron chi connectivity index (χ3n) is 3.63. The Hall–Kier alpha value is -2.46. The van der Waals surface area contributed by atoms with Crippen LogP contribution in [0.4, 0.5) is 0 Å². The molecule has 0 bridgehead atoms. The third kappa shape index (κ3) is 4.27. The standard InChI is InChI=1S/C18H19NO3/c1-19-17(18(21)22)11-15-4-2-13(3-5-15)10-14-6-8-16(12-20)9-7-14/h2-9,12,17,19H,10-11H2,1H3,(H,21,22)/t17-/m0/s1. The summed E-state index contributed by atoms with van der Waals surface area (Å²) in [6.07, 6.45) is 2.08. The Balaban J connectivity index is 2.01. The first-order valence-corrected chi connectivity index (χ1v) is 7.14. The van der Waals surface area contributed by atoms with Gasteiger partial charge in [-0.15, -0.1) is 0 Å². The van der Waals surface area contributed by atoms with Crippen LogP contribution in [0.25, 0.3) is 0 Å². The largest absolute Gasteiger partial charge is 0.480 e. The van der Waals surface area contributed by atoms with E-state index in [-0.39, 0.29) is 0 Å². The van der Waals surface area contributed by atoms with Gasteiger partial charge in [-0.05, 0) is 36.6 Å². The average molecular weight is 297 g/mol. The first kappa shape index (κ1) is 15.9. The summed E-state index contributed by atoms with van der Waals surface area (Å²) in [6.45, 7) is 0. The Morgan fingerprint density at radius 2 is 1.55 bits per heavy atom. The topological polar surface area (TPSA) is 66.4 Å². The number of carboxylic acid groups (broad SMARTS) is 1. The van der Waals surface area contributed by atoms with Crippen molar-refractivity contribution in [3.8, 4) is 0 Å². The molecule has 0 aromatic heterocycles. The SMILES string of the molecule is CN[C@@H](Cc1ccc(Cc2ccc(C=O)cc2)cc1)C(=O)O. The molecule has 4 heteroatoms. The normalized spacial score (nSPS) is 11.9. The van der Waals surface area contributed by atoms with Crippen LogP contribution < -0.4 is 5.32 Å². The summed E-state index contributed by atoms with van der Waals surface area (Å²) in [5.74, 6) is -0.846. The summed E-state index contributed by atoms with van der Waals surface area (Å²) in [5.41, 5.74) is 3.95. The molecule has 0 heterocycles. The lowest BCUT2D eigenvalue weighted by atomic mass is 10.00. The third-order valence-corrected chi connectivity index (χ3v) is 3.63. The summed E-state index contributed by atoms with van der Waals surface area (Å²) in [6, 6.07) is 14.9. The van der Waals surface area contributed by atoms with Gasteiger partial charge >= 0.3 is 5.97 Å². The number of rotatable bonds is 7. The Bertz CT molecular complexity index is 632. The summed E-state index contributed by atoms with van der Waals surface area (Å²) in [5, 5.41) is 11.8. The van der Waals surface area contributed by atoms with E-state index in [1.807, 2.05) is 36.4 Å². The van der Waals surface area contributed by atoms with Gasteiger partial charge in [0.25, 0.3) is 0 Å². The van der Waals surface area contributed by atoms with Crippen molar-refractivity contribution in [2.24, 2.45) is 0 Å². The van der Waals surface area contributed by atoms with Gasteiger partial charge in [0.15, 0.2) is 0 Å². The highest BCUT2D eigenvalue weighted by atomic mass is 16.4. The van der Waals surface area contributed by atoms with E-state index in [0.717, 1.165) is 29.4 Å². The molecule has 1 atom stereocenters. The van der Waals surface area contributed by atoms with E-state index in [0.29, 0.717) is 12.0 Å². The maximum Gasteiger partial charge on any atom is 0.321 e. The summed E-state index contributed by atoms with van der Waals surface area (Å²) in [4.78, 5) is 21.6. The number of aliphatic carboxylic acids is 1. The fourth-order valence-corrected chi connectivity index (χ4v) is 2.29. The molecule has 0 saturated heterocycles. The van der Waals surface area contributed by atoms with E-state index < -0.39 is 12.0 Å². The van der Waals surface area contributed by atoms with Crippen LogP contribution in [-0.4, -0.2) is 30.5 Å². The molecule has 0 amide bonds. The van der Waals surface area contributed by atoms with Gasteiger partial charge in [0, 0.05) is 5.56 Å². The minimum atomic E-state index is -0.846. The highest BCUT2D eigenvalue weighted by Gasteiger charge is 2.14. The molecule has 0 spiro atoms. The molecule has 0 aliphatic rings. The van der Waals surface area contributed by atoms with Gasteiger partial charge < -0.3 is 10.4 Å². The van der Waals surface area contributed by atoms with E-state index >= 15 is 0 Å². The number of hydrogen-bond acceptors (Lipinski definition) is 3. The summed E-state index contributed by atoms with van der Waals surface area (Å²) >= 11 is 0. The number of carboxylic acids is 1. The van der Waals surface area contributed by atoms with Crippen LogP contribution in [0.1, 0.15) is 27.0 Å². The molecular weight excluding hydrogens is 278 g/mol. The summed E-state index contributed by atoms with van der Waals surface area (Å²) < 4.78 is 0. The van der Waals surface area contributed by atoms with E-state index in [1.165, 1.54) is 0 Å². The molecule has 0 saturated carbocycles. The van der Waals surface area contributed by atoms with Gasteiger partial charge in [-0.1, -0.05) is 48.5 Å². The molecule has 2 N–H and O–H groups in total. The maximum atomic E-state index is 11.0. The first-order chi connectivity index (χ1) is 10.6. The van der Waals surface area contributed by atoms with Crippen LogP contribution in [0, 0.1) is 0 Å². The molecule has 0 unspecified atom stereocenters. The quantitative estimate of drug-likeness (QED) is 0.770. The summed E-state index contributed by atoms with van der Waals surface area (Å²) in [7, 11) is 1.65. The van der Waals surface area contributed by atoms with Crippen molar-refractivity contribution in [1.82, 2.24) is 5.32 Å². The predicted octanol–water partition coefficient (Wildman–Crippen LogP) is 2.30. The molecule has 0 fully saturated rings. The fraction of sp³-hybridized carbons (Fsp3) is 0.222. The highest BCUT2D eigenvalue weighted by Crippen LogP contribution is 2.13. The van der Waals surface area contributed by atoms with Gasteiger partial charge in [-0.3, -0.25) is 9.59 Å². The van der Waals surface area contributed by atoms with Crippen LogP contribution in [0.5, 0.6) is 0 Å². The smallest absolute Gasteiger partial charge is 0.321 e. The Labute approximate surface area is 129 Å². The molecule has 4 nitrogen and oxygen atoms in total. The highest BCUT2D eigenvalue weighted by molar-refractivity contribution is 5.74. The van der Waals surface area contributed by atoms with Crippen molar-refractivity contribution < 1.29 is 14.7 Å². The zero-order valence-electron chi connectivity index (χ0n) is 12.5. The zero-order chi connectivity index (χ0) is 15.9. The Kier molecular flexibility index (Phi) is 5.44. The van der Waals surface area contributed by atoms with Crippen LogP contribution in [0.2, 0.25) is 0 Å². The van der Waals surface area contributed by atoms with Crippen LogP contribution in [0.3, 0.4) is 0 Å². The van der Waals surface area contributed by atoms with Gasteiger partial charge in [0.05, 0.1) is 0 Å². The number of likely N-dealkylation sites (N-methyl/N-ethyl adjacent to an activating group) is 1. The number of nitrogens with one attached hydrogen (secondary N) is 1. The van der Waals surface area contributed by atoms with E-state index in [9.17, 15) is 9.59 Å². The fourth-order valence-electron chi connectivity index (χ4n) is 2.29. The lowest BCUT2D eigenvalue weighted by Crippen LogP contribution is -2.35. The molecule has 2 rings (SSSR count). The number of aldehydes is 1.